The molecule has 0 saturated carbocycles. The normalized spacial score (nSPS) is 19.4. The number of hydrogen-bond donors (Lipinski definition) is 1. The number of carbonyl (C=O) groups excluding carboxylic acids is 1. The molecule has 12 heteroatoms. The molecule has 2 N–H and O–H groups in total. The second-order valence-electron chi connectivity index (χ2n) is 9.59. The maximum Gasteiger partial charge on any atom is 0.310 e. The van der Waals surface area contributed by atoms with Crippen LogP contribution >= 0.6 is 10.2 Å². The number of fused-ring (bicyclic) bond motifs is 4. The lowest BCUT2D eigenvalue weighted by Crippen LogP contribution is -2.31. The first-order chi connectivity index (χ1) is 16.0. The smallest absolute Gasteiger partial charge is 0.310 e. The number of anilines is 1. The average Bonchev–Trinajstić information content (AvgIpc) is 3.34. The Morgan fingerprint density at radius 2 is 1.83 bits per heavy atom. The number of imidazole rings is 1. The molecule has 0 fully saturated rings. The molecule has 1 amide bonds. The Morgan fingerprint density at radius 3 is 2.51 bits per heavy atom. The average molecular weight is 512 g/mol. The van der Waals surface area contributed by atoms with Crippen LogP contribution < -0.4 is 5.73 Å². The van der Waals surface area contributed by atoms with Crippen LogP contribution in [0.1, 0.15) is 47.8 Å². The number of amides is 1. The minimum Gasteiger partial charge on any atom is -0.382 e. The molecular weight excluding hydrogens is 489 g/mol. The molecule has 6 nitrogen and oxygen atoms in total. The van der Waals surface area contributed by atoms with Gasteiger partial charge in [-0.05, 0) is 53.3 Å². The summed E-state index contributed by atoms with van der Waals surface area (Å²) < 4.78 is 68.9. The van der Waals surface area contributed by atoms with Crippen LogP contribution in [0.2, 0.25) is 0 Å². The van der Waals surface area contributed by atoms with Crippen molar-refractivity contribution >= 4 is 38.5 Å². The number of rotatable bonds is 3. The zero-order chi connectivity index (χ0) is 25.6. The van der Waals surface area contributed by atoms with Crippen LogP contribution in [-0.2, 0) is 5.41 Å². The summed E-state index contributed by atoms with van der Waals surface area (Å²) in [6.07, 6.45) is 3.40. The van der Waals surface area contributed by atoms with Crippen LogP contribution in [-0.4, -0.2) is 32.2 Å². The third kappa shape index (κ3) is 3.76. The van der Waals surface area contributed by atoms with Gasteiger partial charge in [0.05, 0.1) is 29.6 Å². The summed E-state index contributed by atoms with van der Waals surface area (Å²) in [6.45, 7) is 3.36. The summed E-state index contributed by atoms with van der Waals surface area (Å²) in [5, 5.41) is 0. The van der Waals surface area contributed by atoms with Gasteiger partial charge in [0.1, 0.15) is 16.2 Å². The third-order valence-electron chi connectivity index (χ3n) is 6.67. The lowest BCUT2D eigenvalue weighted by atomic mass is 9.86. The molecule has 0 saturated heterocycles. The Kier molecular flexibility index (Phi) is 4.28. The fraction of sp³-hybridized carbons (Fsp3) is 0.261. The van der Waals surface area contributed by atoms with Crippen molar-refractivity contribution in [2.24, 2.45) is 0 Å². The van der Waals surface area contributed by atoms with Gasteiger partial charge in [-0.1, -0.05) is 39.3 Å². The molecule has 2 aromatic heterocycles. The Hall–Kier alpha value is -3.41. The van der Waals surface area contributed by atoms with Crippen LogP contribution in [0.4, 0.5) is 25.2 Å². The number of benzene rings is 2. The number of aromatic nitrogens is 3. The predicted octanol–water partition coefficient (Wildman–Crippen LogP) is 6.62. The van der Waals surface area contributed by atoms with Gasteiger partial charge in [0.2, 0.25) is 0 Å². The van der Waals surface area contributed by atoms with Crippen LogP contribution in [0.3, 0.4) is 0 Å². The van der Waals surface area contributed by atoms with E-state index in [0.717, 1.165) is 6.07 Å². The highest BCUT2D eigenvalue weighted by molar-refractivity contribution is 8.45. The number of halogens is 5. The Bertz CT molecular complexity index is 1550. The van der Waals surface area contributed by atoms with E-state index in [9.17, 15) is 24.2 Å². The molecule has 2 aromatic carbocycles. The largest absolute Gasteiger partial charge is 0.382 e. The van der Waals surface area contributed by atoms with Crippen LogP contribution in [0, 0.1) is 0 Å². The van der Waals surface area contributed by atoms with Crippen molar-refractivity contribution in [3.05, 3.63) is 65.6 Å². The van der Waals surface area contributed by atoms with Gasteiger partial charge in [-0.3, -0.25) is 9.20 Å². The van der Waals surface area contributed by atoms with E-state index in [4.69, 9.17) is 5.73 Å². The molecule has 35 heavy (non-hydrogen) atoms. The summed E-state index contributed by atoms with van der Waals surface area (Å²) >= 11 is 0. The highest BCUT2D eigenvalue weighted by Gasteiger charge is 2.65. The van der Waals surface area contributed by atoms with Gasteiger partial charge in [0.25, 0.3) is 5.91 Å². The predicted molar refractivity (Wildman–Crippen MR) is 125 cm³/mol. The number of carbonyl (C=O) groups is 1. The fourth-order valence-corrected chi connectivity index (χ4v) is 5.52. The number of nitrogens with two attached hydrogens (primary N) is 1. The number of hydrogen-bond acceptors (Lipinski definition) is 4. The molecule has 1 aliphatic rings. The molecule has 1 aliphatic carbocycles. The van der Waals surface area contributed by atoms with Gasteiger partial charge in [0, 0.05) is 12.6 Å². The van der Waals surface area contributed by atoms with Gasteiger partial charge in [-0.2, -0.15) is 0 Å². The number of nitrogen functional groups attached to an aromatic ring is 1. The fourth-order valence-electron chi connectivity index (χ4n) is 4.85. The topological polar surface area (TPSA) is 76.5 Å². The van der Waals surface area contributed by atoms with E-state index in [1.54, 1.807) is 56.0 Å². The second kappa shape index (κ2) is 6.42. The van der Waals surface area contributed by atoms with Crippen molar-refractivity contribution in [3.63, 3.8) is 0 Å². The first-order valence-corrected chi connectivity index (χ1v) is 12.6. The minimum absolute atomic E-state index is 0.159. The quantitative estimate of drug-likeness (QED) is 0.314. The van der Waals surface area contributed by atoms with Gasteiger partial charge < -0.3 is 10.6 Å². The lowest BCUT2D eigenvalue weighted by Gasteiger charge is -2.41. The van der Waals surface area contributed by atoms with E-state index in [2.05, 4.69) is 9.97 Å². The van der Waals surface area contributed by atoms with E-state index in [0.29, 0.717) is 45.6 Å². The zero-order valence-electron chi connectivity index (χ0n) is 19.0. The van der Waals surface area contributed by atoms with Crippen LogP contribution in [0.25, 0.3) is 16.6 Å². The van der Waals surface area contributed by atoms with E-state index in [-0.39, 0.29) is 17.9 Å². The molecular formula is C23H22F5N5OS. The summed E-state index contributed by atoms with van der Waals surface area (Å²) in [7, 11) is -8.28. The third-order valence-corrected chi connectivity index (χ3v) is 7.82. The monoisotopic (exact) mass is 511 g/mol. The Balaban J connectivity index is 1.54. The zero-order valence-corrected chi connectivity index (χ0v) is 19.8. The van der Waals surface area contributed by atoms with E-state index in [1.807, 2.05) is 0 Å². The summed E-state index contributed by atoms with van der Waals surface area (Å²) in [6, 6.07) is 6.32. The first kappa shape index (κ1) is 23.3. The molecule has 2 heterocycles. The Labute approximate surface area is 197 Å². The van der Waals surface area contributed by atoms with Crippen molar-refractivity contribution in [1.29, 1.82) is 0 Å². The van der Waals surface area contributed by atoms with Gasteiger partial charge in [-0.15, -0.1) is 0 Å². The standard InChI is InChI=1S/C23H22F5N5OS/c1-23(2)10-19(15-6-5-14(9-16(15)23)35(24,25,26,27)28)32(3)22(34)13-4-7-17-18(8-13)33-12-30-11-20(33)21(29)31-17/h4-9,11-12,19H,10H2,1-3H3,(H2,29,31)/t19-/m1/s1. The first-order valence-electron chi connectivity index (χ1n) is 10.6. The highest BCUT2D eigenvalue weighted by atomic mass is 32.5. The van der Waals surface area contributed by atoms with Crippen LogP contribution in [0.5, 0.6) is 0 Å². The summed E-state index contributed by atoms with van der Waals surface area (Å²) in [4.78, 5) is 21.3. The lowest BCUT2D eigenvalue weighted by molar-refractivity contribution is 0.0720. The SMILES string of the molecule is CN(C(=O)c1ccc2nc(N)c3cncn3c2c1)[C@@H]1CC(C)(C)c2cc(S(F)(F)(F)(F)F)ccc21. The summed E-state index contributed by atoms with van der Waals surface area (Å²) in [5.74, 6) is -0.0793. The molecule has 186 valence electrons. The van der Waals surface area contributed by atoms with Crippen molar-refractivity contribution in [3.8, 4) is 0 Å². The van der Waals surface area contributed by atoms with E-state index >= 15 is 0 Å². The van der Waals surface area contributed by atoms with Gasteiger partial charge >= 0.3 is 10.2 Å². The molecule has 0 spiro atoms. The van der Waals surface area contributed by atoms with E-state index < -0.39 is 26.6 Å². The Morgan fingerprint density at radius 1 is 1.11 bits per heavy atom. The van der Waals surface area contributed by atoms with Crippen molar-refractivity contribution in [2.45, 2.75) is 36.6 Å². The highest BCUT2D eigenvalue weighted by Crippen LogP contribution is 3.02. The molecule has 1 atom stereocenters. The van der Waals surface area contributed by atoms with Crippen molar-refractivity contribution in [1.82, 2.24) is 19.3 Å². The molecule has 0 radical (unpaired) electrons. The molecule has 0 unspecified atom stereocenters. The van der Waals surface area contributed by atoms with Gasteiger partial charge in [-0.25, -0.2) is 9.97 Å². The van der Waals surface area contributed by atoms with E-state index in [1.165, 1.54) is 4.90 Å². The molecule has 0 aliphatic heterocycles. The van der Waals surface area contributed by atoms with Crippen molar-refractivity contribution < 1.29 is 24.2 Å². The molecule has 4 aromatic rings. The maximum atomic E-state index is 13.4. The number of nitrogens with zero attached hydrogens (tertiary/aromatic N) is 4. The van der Waals surface area contributed by atoms with Crippen molar-refractivity contribution in [2.75, 3.05) is 12.8 Å². The van der Waals surface area contributed by atoms with Gasteiger partial charge in [0.15, 0.2) is 0 Å². The second-order valence-corrected chi connectivity index (χ2v) is 12.0. The minimum atomic E-state index is -9.83. The maximum absolute atomic E-state index is 13.4. The molecule has 0 bridgehead atoms. The summed E-state index contributed by atoms with van der Waals surface area (Å²) in [5.41, 5.74) is 7.77. The van der Waals surface area contributed by atoms with Crippen LogP contribution in [0.15, 0.2) is 53.8 Å². The molecule has 5 rings (SSSR count).